The fraction of sp³-hybridized carbons (Fsp3) is 0.529. The fourth-order valence-corrected chi connectivity index (χ4v) is 3.34. The molecule has 1 N–H and O–H groups in total. The minimum absolute atomic E-state index is 0.162. The number of ether oxygens (including phenoxy) is 1. The van der Waals surface area contributed by atoms with Gasteiger partial charge in [-0.25, -0.2) is 0 Å². The lowest BCUT2D eigenvalue weighted by atomic mass is 9.89. The van der Waals surface area contributed by atoms with Crippen LogP contribution in [0.1, 0.15) is 32.3 Å². The lowest BCUT2D eigenvalue weighted by molar-refractivity contribution is -0.153. The number of halogens is 1. The van der Waals surface area contributed by atoms with Gasteiger partial charge in [0.05, 0.1) is 5.92 Å². The van der Waals surface area contributed by atoms with E-state index in [0.29, 0.717) is 13.2 Å². The average molecular weight is 384 g/mol. The molecule has 5 nitrogen and oxygen atoms in total. The van der Waals surface area contributed by atoms with Crippen LogP contribution in [0.25, 0.3) is 0 Å². The molecule has 126 valence electrons. The van der Waals surface area contributed by atoms with Crippen molar-refractivity contribution in [3.8, 4) is 0 Å². The largest absolute Gasteiger partial charge is 0.481 e. The Morgan fingerprint density at radius 2 is 1.91 bits per heavy atom. The standard InChI is InChI=1S/C17H22BrNO4/c1-4-23-17(2,3)16(22)19-9-13(14(10-19)15(20)21)11-5-7-12(18)8-6-11/h5-8,13-14H,4,9-10H2,1-3H3,(H,20,21)/t13-,14+/m1/s1. The monoisotopic (exact) mass is 383 g/mol. The molecule has 1 saturated heterocycles. The second-order valence-corrected chi connectivity index (χ2v) is 7.17. The number of carboxylic acids is 1. The van der Waals surface area contributed by atoms with Gasteiger partial charge in [0.2, 0.25) is 0 Å². The molecule has 2 atom stereocenters. The number of hydrogen-bond acceptors (Lipinski definition) is 3. The van der Waals surface area contributed by atoms with Gasteiger partial charge in [0.1, 0.15) is 5.60 Å². The molecular weight excluding hydrogens is 362 g/mol. The van der Waals surface area contributed by atoms with Crippen LogP contribution in [-0.2, 0) is 14.3 Å². The molecule has 6 heteroatoms. The van der Waals surface area contributed by atoms with E-state index in [9.17, 15) is 14.7 Å². The van der Waals surface area contributed by atoms with E-state index in [-0.39, 0.29) is 18.4 Å². The molecule has 0 radical (unpaired) electrons. The maximum atomic E-state index is 12.7. The van der Waals surface area contributed by atoms with Crippen LogP contribution in [0.5, 0.6) is 0 Å². The quantitative estimate of drug-likeness (QED) is 0.848. The van der Waals surface area contributed by atoms with E-state index in [1.165, 1.54) is 0 Å². The topological polar surface area (TPSA) is 66.8 Å². The van der Waals surface area contributed by atoms with Crippen LogP contribution in [0.2, 0.25) is 0 Å². The highest BCUT2D eigenvalue weighted by Gasteiger charge is 2.44. The zero-order chi connectivity index (χ0) is 17.2. The Balaban J connectivity index is 2.23. The second kappa shape index (κ2) is 7.01. The summed E-state index contributed by atoms with van der Waals surface area (Å²) in [6, 6.07) is 7.60. The molecule has 0 bridgehead atoms. The first kappa shape index (κ1) is 17.9. The highest BCUT2D eigenvalue weighted by atomic mass is 79.9. The Morgan fingerprint density at radius 3 is 2.43 bits per heavy atom. The van der Waals surface area contributed by atoms with Gasteiger partial charge in [-0.1, -0.05) is 28.1 Å². The maximum absolute atomic E-state index is 12.7. The summed E-state index contributed by atoms with van der Waals surface area (Å²) in [5.41, 5.74) is -0.00279. The van der Waals surface area contributed by atoms with Crippen LogP contribution in [-0.4, -0.2) is 47.2 Å². The molecule has 1 heterocycles. The van der Waals surface area contributed by atoms with Crippen LogP contribution in [0.3, 0.4) is 0 Å². The van der Waals surface area contributed by atoms with Crippen molar-refractivity contribution in [3.05, 3.63) is 34.3 Å². The summed E-state index contributed by atoms with van der Waals surface area (Å²) in [5, 5.41) is 9.53. The van der Waals surface area contributed by atoms with Crippen molar-refractivity contribution in [2.24, 2.45) is 5.92 Å². The molecular formula is C17H22BrNO4. The van der Waals surface area contributed by atoms with E-state index in [0.717, 1.165) is 10.0 Å². The summed E-state index contributed by atoms with van der Waals surface area (Å²) >= 11 is 3.38. The van der Waals surface area contributed by atoms with Crippen LogP contribution < -0.4 is 0 Å². The number of carbonyl (C=O) groups is 2. The van der Waals surface area contributed by atoms with Crippen molar-refractivity contribution in [2.75, 3.05) is 19.7 Å². The number of rotatable bonds is 5. The molecule has 1 amide bonds. The minimum Gasteiger partial charge on any atom is -0.481 e. The molecule has 1 aromatic rings. The molecule has 23 heavy (non-hydrogen) atoms. The Kier molecular flexibility index (Phi) is 5.47. The van der Waals surface area contributed by atoms with E-state index < -0.39 is 17.5 Å². The molecule has 0 aliphatic carbocycles. The van der Waals surface area contributed by atoms with Gasteiger partial charge < -0.3 is 14.7 Å². The van der Waals surface area contributed by atoms with Gasteiger partial charge in [-0.15, -0.1) is 0 Å². The van der Waals surface area contributed by atoms with Crippen LogP contribution in [0, 0.1) is 5.92 Å². The molecule has 0 aromatic heterocycles. The van der Waals surface area contributed by atoms with Crippen molar-refractivity contribution < 1.29 is 19.4 Å². The van der Waals surface area contributed by atoms with Crippen molar-refractivity contribution >= 4 is 27.8 Å². The molecule has 0 spiro atoms. The molecule has 1 aliphatic rings. The smallest absolute Gasteiger partial charge is 0.308 e. The summed E-state index contributed by atoms with van der Waals surface area (Å²) in [5.74, 6) is -1.84. The van der Waals surface area contributed by atoms with E-state index in [1.807, 2.05) is 31.2 Å². The van der Waals surface area contributed by atoms with E-state index in [2.05, 4.69) is 15.9 Å². The summed E-state index contributed by atoms with van der Waals surface area (Å²) < 4.78 is 6.45. The van der Waals surface area contributed by atoms with Gasteiger partial charge in [-0.05, 0) is 38.5 Å². The highest BCUT2D eigenvalue weighted by molar-refractivity contribution is 9.10. The summed E-state index contributed by atoms with van der Waals surface area (Å²) in [4.78, 5) is 25.9. The summed E-state index contributed by atoms with van der Waals surface area (Å²) in [6.07, 6.45) is 0. The van der Waals surface area contributed by atoms with Crippen molar-refractivity contribution in [1.82, 2.24) is 4.90 Å². The third kappa shape index (κ3) is 3.93. The third-order valence-corrected chi connectivity index (χ3v) is 4.77. The molecule has 2 rings (SSSR count). The molecule has 1 aromatic carbocycles. The van der Waals surface area contributed by atoms with Gasteiger partial charge in [-0.2, -0.15) is 0 Å². The molecule has 1 aliphatic heterocycles. The van der Waals surface area contributed by atoms with Gasteiger partial charge in [0.25, 0.3) is 5.91 Å². The second-order valence-electron chi connectivity index (χ2n) is 6.26. The van der Waals surface area contributed by atoms with Crippen molar-refractivity contribution in [1.29, 1.82) is 0 Å². The maximum Gasteiger partial charge on any atom is 0.308 e. The lowest BCUT2D eigenvalue weighted by Gasteiger charge is -2.29. The number of carbonyl (C=O) groups excluding carboxylic acids is 1. The van der Waals surface area contributed by atoms with Crippen molar-refractivity contribution in [3.63, 3.8) is 0 Å². The van der Waals surface area contributed by atoms with Gasteiger partial charge in [0.15, 0.2) is 0 Å². The van der Waals surface area contributed by atoms with Crippen LogP contribution in [0.15, 0.2) is 28.7 Å². The predicted octanol–water partition coefficient (Wildman–Crippen LogP) is 2.89. The van der Waals surface area contributed by atoms with E-state index >= 15 is 0 Å². The fourth-order valence-electron chi connectivity index (χ4n) is 3.07. The predicted molar refractivity (Wildman–Crippen MR) is 90.3 cm³/mol. The Bertz CT molecular complexity index is 585. The number of amides is 1. The lowest BCUT2D eigenvalue weighted by Crippen LogP contribution is -2.46. The first-order valence-electron chi connectivity index (χ1n) is 7.68. The normalized spacial score (nSPS) is 21.5. The average Bonchev–Trinajstić information content (AvgIpc) is 2.92. The number of benzene rings is 1. The summed E-state index contributed by atoms with van der Waals surface area (Å²) in [7, 11) is 0. The van der Waals surface area contributed by atoms with E-state index in [1.54, 1.807) is 18.7 Å². The summed E-state index contributed by atoms with van der Waals surface area (Å²) in [6.45, 7) is 6.33. The Morgan fingerprint density at radius 1 is 1.30 bits per heavy atom. The molecule has 0 saturated carbocycles. The van der Waals surface area contributed by atoms with Crippen LogP contribution in [0.4, 0.5) is 0 Å². The number of carboxylic acid groups (broad SMARTS) is 1. The minimum atomic E-state index is -0.938. The number of likely N-dealkylation sites (tertiary alicyclic amines) is 1. The number of nitrogens with zero attached hydrogens (tertiary/aromatic N) is 1. The molecule has 0 unspecified atom stereocenters. The van der Waals surface area contributed by atoms with E-state index in [4.69, 9.17) is 4.74 Å². The highest BCUT2D eigenvalue weighted by Crippen LogP contribution is 2.35. The molecule has 1 fully saturated rings. The SMILES string of the molecule is CCOC(C)(C)C(=O)N1C[C@H](C(=O)O)[C@@H](c2ccc(Br)cc2)C1. The van der Waals surface area contributed by atoms with Crippen LogP contribution >= 0.6 is 15.9 Å². The Hall–Kier alpha value is -1.40. The zero-order valence-corrected chi connectivity index (χ0v) is 15.2. The van der Waals surface area contributed by atoms with Gasteiger partial charge in [-0.3, -0.25) is 9.59 Å². The van der Waals surface area contributed by atoms with Gasteiger partial charge in [0, 0.05) is 30.1 Å². The van der Waals surface area contributed by atoms with Gasteiger partial charge >= 0.3 is 5.97 Å². The Labute approximate surface area is 144 Å². The first-order valence-corrected chi connectivity index (χ1v) is 8.47. The first-order chi connectivity index (χ1) is 10.8. The third-order valence-electron chi connectivity index (χ3n) is 4.24. The number of hydrogen-bond donors (Lipinski definition) is 1. The zero-order valence-electron chi connectivity index (χ0n) is 13.6. The van der Waals surface area contributed by atoms with Crippen molar-refractivity contribution in [2.45, 2.75) is 32.3 Å². The number of aliphatic carboxylic acids is 1.